The van der Waals surface area contributed by atoms with E-state index in [2.05, 4.69) is 27.1 Å². The fourth-order valence-corrected chi connectivity index (χ4v) is 3.14. The lowest BCUT2D eigenvalue weighted by Gasteiger charge is -2.23. The van der Waals surface area contributed by atoms with Crippen LogP contribution in [0.4, 0.5) is 0 Å². The summed E-state index contributed by atoms with van der Waals surface area (Å²) < 4.78 is 2.30. The summed E-state index contributed by atoms with van der Waals surface area (Å²) >= 11 is 1.78. The van der Waals surface area contributed by atoms with E-state index in [-0.39, 0.29) is 6.61 Å². The molecule has 3 nitrogen and oxygen atoms in total. The Hall–Kier alpha value is -1.13. The molecule has 0 bridgehead atoms. The third-order valence-corrected chi connectivity index (χ3v) is 4.32. The molecule has 0 fully saturated rings. The minimum atomic E-state index is 0.288. The lowest BCUT2D eigenvalue weighted by Crippen LogP contribution is -2.23. The van der Waals surface area contributed by atoms with Gasteiger partial charge in [0.25, 0.3) is 0 Å². The molecule has 0 saturated carbocycles. The molecule has 0 radical (unpaired) electrons. The normalized spacial score (nSPS) is 19.2. The third kappa shape index (κ3) is 2.15. The Morgan fingerprint density at radius 1 is 1.53 bits per heavy atom. The largest absolute Gasteiger partial charge is 0.396 e. The van der Waals surface area contributed by atoms with Gasteiger partial charge in [-0.2, -0.15) is 0 Å². The summed E-state index contributed by atoms with van der Waals surface area (Å²) in [6, 6.07) is 4.23. The molecule has 0 amide bonds. The van der Waals surface area contributed by atoms with Crippen LogP contribution in [0.5, 0.6) is 0 Å². The molecule has 1 aliphatic rings. The Kier molecular flexibility index (Phi) is 2.99. The number of aliphatic hydroxyl groups is 1. The van der Waals surface area contributed by atoms with Gasteiger partial charge in [-0.25, -0.2) is 4.98 Å². The van der Waals surface area contributed by atoms with Gasteiger partial charge in [-0.05, 0) is 24.3 Å². The zero-order chi connectivity index (χ0) is 11.7. The zero-order valence-electron chi connectivity index (χ0n) is 9.67. The zero-order valence-corrected chi connectivity index (χ0v) is 10.5. The number of aliphatic hydroxyl groups excluding tert-OH is 1. The van der Waals surface area contributed by atoms with Gasteiger partial charge >= 0.3 is 0 Å². The second-order valence-corrected chi connectivity index (χ2v) is 5.65. The molecule has 0 saturated heterocycles. The van der Waals surface area contributed by atoms with E-state index in [1.54, 1.807) is 11.3 Å². The maximum atomic E-state index is 9.27. The number of thiophene rings is 1. The van der Waals surface area contributed by atoms with E-state index in [9.17, 15) is 5.11 Å². The van der Waals surface area contributed by atoms with Crippen LogP contribution < -0.4 is 0 Å². The predicted octanol–water partition coefficient (Wildman–Crippen LogP) is 2.09. The molecule has 4 heteroatoms. The quantitative estimate of drug-likeness (QED) is 0.903. The van der Waals surface area contributed by atoms with Crippen LogP contribution in [0, 0.1) is 5.92 Å². The Bertz CT molecular complexity index is 489. The van der Waals surface area contributed by atoms with Gasteiger partial charge < -0.3 is 9.67 Å². The summed E-state index contributed by atoms with van der Waals surface area (Å²) in [6.07, 6.45) is 5.04. The summed E-state index contributed by atoms with van der Waals surface area (Å²) in [7, 11) is 0. The average molecular weight is 248 g/mol. The van der Waals surface area contributed by atoms with Gasteiger partial charge in [-0.3, -0.25) is 0 Å². The molecular weight excluding hydrogens is 232 g/mol. The number of aromatic nitrogens is 2. The molecule has 1 unspecified atom stereocenters. The molecule has 1 aliphatic heterocycles. The standard InChI is InChI=1S/C13H16N2OS/c16-9-10-3-4-11-7-14-13(15(11)8-10)6-12-2-1-5-17-12/h1-2,5,7,10,16H,3-4,6,8-9H2. The van der Waals surface area contributed by atoms with E-state index in [1.807, 2.05) is 6.20 Å². The highest BCUT2D eigenvalue weighted by atomic mass is 32.1. The molecule has 0 spiro atoms. The van der Waals surface area contributed by atoms with Gasteiger partial charge in [0.2, 0.25) is 0 Å². The highest BCUT2D eigenvalue weighted by Gasteiger charge is 2.20. The van der Waals surface area contributed by atoms with Gasteiger partial charge in [0.1, 0.15) is 5.82 Å². The highest BCUT2D eigenvalue weighted by Crippen LogP contribution is 2.23. The number of hydrogen-bond acceptors (Lipinski definition) is 3. The van der Waals surface area contributed by atoms with Gasteiger partial charge in [0.15, 0.2) is 0 Å². The minimum absolute atomic E-state index is 0.288. The number of rotatable bonds is 3. The van der Waals surface area contributed by atoms with E-state index >= 15 is 0 Å². The third-order valence-electron chi connectivity index (χ3n) is 3.44. The van der Waals surface area contributed by atoms with E-state index in [0.717, 1.165) is 31.6 Å². The van der Waals surface area contributed by atoms with Crippen molar-refractivity contribution in [2.45, 2.75) is 25.8 Å². The number of imidazole rings is 1. The Balaban J connectivity index is 1.84. The Labute approximate surface area is 105 Å². The first kappa shape index (κ1) is 11.0. The van der Waals surface area contributed by atoms with Crippen molar-refractivity contribution >= 4 is 11.3 Å². The van der Waals surface area contributed by atoms with Crippen molar-refractivity contribution in [1.29, 1.82) is 0 Å². The summed E-state index contributed by atoms with van der Waals surface area (Å²) in [6.45, 7) is 1.21. The fraction of sp³-hybridized carbons (Fsp3) is 0.462. The molecule has 3 rings (SSSR count). The van der Waals surface area contributed by atoms with Gasteiger partial charge in [-0.1, -0.05) is 6.07 Å². The molecule has 17 heavy (non-hydrogen) atoms. The maximum Gasteiger partial charge on any atom is 0.114 e. The topological polar surface area (TPSA) is 38.1 Å². The second kappa shape index (κ2) is 4.63. The van der Waals surface area contributed by atoms with Crippen molar-refractivity contribution in [3.05, 3.63) is 40.1 Å². The van der Waals surface area contributed by atoms with Crippen LogP contribution in [0.3, 0.4) is 0 Å². The van der Waals surface area contributed by atoms with Gasteiger partial charge in [0.05, 0.1) is 0 Å². The molecular formula is C13H16N2OS. The number of hydrogen-bond donors (Lipinski definition) is 1. The first-order valence-corrected chi connectivity index (χ1v) is 6.91. The number of fused-ring (bicyclic) bond motifs is 1. The van der Waals surface area contributed by atoms with Crippen molar-refractivity contribution in [1.82, 2.24) is 9.55 Å². The van der Waals surface area contributed by atoms with Crippen LogP contribution >= 0.6 is 11.3 Å². The summed E-state index contributed by atoms with van der Waals surface area (Å²) in [5, 5.41) is 11.4. The van der Waals surface area contributed by atoms with Crippen LogP contribution in [0.1, 0.15) is 22.8 Å². The van der Waals surface area contributed by atoms with E-state index in [4.69, 9.17) is 0 Å². The van der Waals surface area contributed by atoms with E-state index < -0.39 is 0 Å². The lowest BCUT2D eigenvalue weighted by atomic mass is 9.99. The average Bonchev–Trinajstić information content (AvgIpc) is 2.99. The SMILES string of the molecule is OCC1CCc2cnc(Cc3cccs3)n2C1. The van der Waals surface area contributed by atoms with Crippen LogP contribution in [0.25, 0.3) is 0 Å². The predicted molar refractivity (Wildman–Crippen MR) is 68.2 cm³/mol. The molecule has 0 aliphatic carbocycles. The van der Waals surface area contributed by atoms with Crippen molar-refractivity contribution in [3.8, 4) is 0 Å². The monoisotopic (exact) mass is 248 g/mol. The van der Waals surface area contributed by atoms with Crippen molar-refractivity contribution in [2.24, 2.45) is 5.92 Å². The second-order valence-electron chi connectivity index (χ2n) is 4.62. The van der Waals surface area contributed by atoms with E-state index in [1.165, 1.54) is 10.6 Å². The summed E-state index contributed by atoms with van der Waals surface area (Å²) in [5.74, 6) is 1.54. The molecule has 0 aromatic carbocycles. The Morgan fingerprint density at radius 2 is 2.47 bits per heavy atom. The molecule has 90 valence electrons. The molecule has 3 heterocycles. The summed E-state index contributed by atoms with van der Waals surface area (Å²) in [5.41, 5.74) is 1.32. The van der Waals surface area contributed by atoms with Gasteiger partial charge in [0, 0.05) is 42.3 Å². The van der Waals surface area contributed by atoms with Crippen LogP contribution in [-0.4, -0.2) is 21.3 Å². The van der Waals surface area contributed by atoms with Gasteiger partial charge in [-0.15, -0.1) is 11.3 Å². The number of aryl methyl sites for hydroxylation is 1. The van der Waals surface area contributed by atoms with Crippen molar-refractivity contribution < 1.29 is 5.11 Å². The summed E-state index contributed by atoms with van der Waals surface area (Å²) in [4.78, 5) is 5.88. The minimum Gasteiger partial charge on any atom is -0.396 e. The first-order valence-electron chi connectivity index (χ1n) is 6.03. The van der Waals surface area contributed by atoms with Crippen LogP contribution in [-0.2, 0) is 19.4 Å². The fourth-order valence-electron chi connectivity index (χ4n) is 2.44. The maximum absolute atomic E-state index is 9.27. The highest BCUT2D eigenvalue weighted by molar-refractivity contribution is 7.09. The molecule has 1 N–H and O–H groups in total. The van der Waals surface area contributed by atoms with Crippen LogP contribution in [0.2, 0.25) is 0 Å². The molecule has 2 aromatic rings. The van der Waals surface area contributed by atoms with Crippen molar-refractivity contribution in [3.63, 3.8) is 0 Å². The van der Waals surface area contributed by atoms with E-state index in [0.29, 0.717) is 5.92 Å². The smallest absolute Gasteiger partial charge is 0.114 e. The number of nitrogens with zero attached hydrogens (tertiary/aromatic N) is 2. The Morgan fingerprint density at radius 3 is 3.24 bits per heavy atom. The molecule has 2 aromatic heterocycles. The lowest BCUT2D eigenvalue weighted by molar-refractivity contribution is 0.190. The van der Waals surface area contributed by atoms with Crippen molar-refractivity contribution in [2.75, 3.05) is 6.61 Å². The molecule has 1 atom stereocenters. The first-order chi connectivity index (χ1) is 8.36. The van der Waals surface area contributed by atoms with Crippen LogP contribution in [0.15, 0.2) is 23.7 Å².